The summed E-state index contributed by atoms with van der Waals surface area (Å²) in [5.74, 6) is 1.16. The van der Waals surface area contributed by atoms with Gasteiger partial charge in [0, 0.05) is 6.42 Å². The molecule has 1 aliphatic carbocycles. The quantitative estimate of drug-likeness (QED) is 0.804. The second kappa shape index (κ2) is 6.80. The van der Waals surface area contributed by atoms with Crippen molar-refractivity contribution in [3.05, 3.63) is 24.3 Å². The summed E-state index contributed by atoms with van der Waals surface area (Å²) in [4.78, 5) is 11.8. The van der Waals surface area contributed by atoms with E-state index in [2.05, 4.69) is 5.32 Å². The smallest absolute Gasteiger partial charge is 0.237 e. The lowest BCUT2D eigenvalue weighted by Gasteiger charge is -2.26. The average molecular weight is 292 g/mol. The van der Waals surface area contributed by atoms with Crippen LogP contribution in [0, 0.1) is 0 Å². The maximum absolute atomic E-state index is 11.8. The van der Waals surface area contributed by atoms with Gasteiger partial charge in [0.2, 0.25) is 5.91 Å². The lowest BCUT2D eigenvalue weighted by molar-refractivity contribution is -0.124. The van der Waals surface area contributed by atoms with Gasteiger partial charge in [0.1, 0.15) is 11.6 Å². The van der Waals surface area contributed by atoms with E-state index in [-0.39, 0.29) is 12.0 Å². The number of carbonyl (C=O) groups is 1. The molecule has 1 aromatic rings. The fourth-order valence-corrected chi connectivity index (χ4v) is 2.91. The Kier molecular flexibility index (Phi) is 5.07. The Labute approximate surface area is 125 Å². The van der Waals surface area contributed by atoms with E-state index in [1.807, 2.05) is 38.1 Å². The number of amides is 1. The molecule has 1 fully saturated rings. The molecule has 5 nitrogen and oxygen atoms in total. The summed E-state index contributed by atoms with van der Waals surface area (Å²) >= 11 is 0. The number of hydrogen-bond acceptors (Lipinski definition) is 4. The molecule has 1 aliphatic rings. The van der Waals surface area contributed by atoms with E-state index >= 15 is 0 Å². The zero-order valence-corrected chi connectivity index (χ0v) is 12.7. The molecule has 0 saturated heterocycles. The van der Waals surface area contributed by atoms with Gasteiger partial charge < -0.3 is 20.5 Å². The van der Waals surface area contributed by atoms with E-state index < -0.39 is 5.54 Å². The lowest BCUT2D eigenvalue weighted by atomic mass is 9.96. The molecular weight excluding hydrogens is 268 g/mol. The Balaban J connectivity index is 2.07. The monoisotopic (exact) mass is 292 g/mol. The topological polar surface area (TPSA) is 73.6 Å². The Hall–Kier alpha value is -1.75. The number of nitrogens with two attached hydrogens (primary N) is 1. The molecule has 2 rings (SSSR count). The SMILES string of the molecule is CCNC1(C(N)=O)CCC(Oc2ccccc2OCC)C1. The highest BCUT2D eigenvalue weighted by atomic mass is 16.5. The minimum Gasteiger partial charge on any atom is -0.490 e. The molecule has 0 aliphatic heterocycles. The molecule has 1 saturated carbocycles. The summed E-state index contributed by atoms with van der Waals surface area (Å²) in [6, 6.07) is 7.61. The molecule has 0 radical (unpaired) electrons. The van der Waals surface area contributed by atoms with Crippen LogP contribution >= 0.6 is 0 Å². The number of benzene rings is 1. The minimum absolute atomic E-state index is 0.0295. The van der Waals surface area contributed by atoms with Gasteiger partial charge in [0.15, 0.2) is 11.5 Å². The zero-order valence-electron chi connectivity index (χ0n) is 12.7. The van der Waals surface area contributed by atoms with Crippen LogP contribution in [0.5, 0.6) is 11.5 Å². The summed E-state index contributed by atoms with van der Waals surface area (Å²) in [5.41, 5.74) is 4.93. The van der Waals surface area contributed by atoms with Crippen LogP contribution in [0.1, 0.15) is 33.1 Å². The van der Waals surface area contributed by atoms with Gasteiger partial charge in [-0.2, -0.15) is 0 Å². The highest BCUT2D eigenvalue weighted by Crippen LogP contribution is 2.35. The van der Waals surface area contributed by atoms with Crippen LogP contribution in [-0.2, 0) is 4.79 Å². The van der Waals surface area contributed by atoms with Crippen LogP contribution in [0.4, 0.5) is 0 Å². The maximum Gasteiger partial charge on any atom is 0.237 e. The number of rotatable bonds is 7. The van der Waals surface area contributed by atoms with Crippen LogP contribution in [0.3, 0.4) is 0 Å². The number of nitrogens with one attached hydrogen (secondary N) is 1. The first-order valence-corrected chi connectivity index (χ1v) is 7.54. The van der Waals surface area contributed by atoms with Crippen LogP contribution in [0.25, 0.3) is 0 Å². The molecule has 116 valence electrons. The zero-order chi connectivity index (χ0) is 15.3. The first-order valence-electron chi connectivity index (χ1n) is 7.54. The average Bonchev–Trinajstić information content (AvgIpc) is 2.86. The molecule has 3 N–H and O–H groups in total. The Morgan fingerprint density at radius 3 is 2.71 bits per heavy atom. The van der Waals surface area contributed by atoms with Gasteiger partial charge in [-0.3, -0.25) is 4.79 Å². The molecule has 2 atom stereocenters. The number of hydrogen-bond donors (Lipinski definition) is 2. The van der Waals surface area contributed by atoms with E-state index in [0.29, 0.717) is 26.0 Å². The van der Waals surface area contributed by atoms with Gasteiger partial charge in [-0.25, -0.2) is 0 Å². The van der Waals surface area contributed by atoms with Gasteiger partial charge >= 0.3 is 0 Å². The van der Waals surface area contributed by atoms with Crippen molar-refractivity contribution in [3.8, 4) is 11.5 Å². The standard InChI is InChI=1S/C16H24N2O3/c1-3-18-16(15(17)19)10-9-12(11-16)21-14-8-6-5-7-13(14)20-4-2/h5-8,12,18H,3-4,9-11H2,1-2H3,(H2,17,19). The molecule has 1 amide bonds. The van der Waals surface area contributed by atoms with Crippen molar-refractivity contribution in [1.29, 1.82) is 0 Å². The summed E-state index contributed by atoms with van der Waals surface area (Å²) < 4.78 is 11.6. The molecule has 1 aromatic carbocycles. The van der Waals surface area contributed by atoms with Crippen LogP contribution in [0.15, 0.2) is 24.3 Å². The first kappa shape index (κ1) is 15.6. The van der Waals surface area contributed by atoms with Crippen molar-refractivity contribution in [1.82, 2.24) is 5.32 Å². The predicted octanol–water partition coefficient (Wildman–Crippen LogP) is 1.85. The Morgan fingerprint density at radius 2 is 2.10 bits per heavy atom. The van der Waals surface area contributed by atoms with Crippen molar-refractivity contribution >= 4 is 5.91 Å². The fourth-order valence-electron chi connectivity index (χ4n) is 2.91. The van der Waals surface area contributed by atoms with Gasteiger partial charge in [0.25, 0.3) is 0 Å². The lowest BCUT2D eigenvalue weighted by Crippen LogP contribution is -2.54. The highest BCUT2D eigenvalue weighted by molar-refractivity contribution is 5.85. The van der Waals surface area contributed by atoms with Gasteiger partial charge in [-0.05, 0) is 38.4 Å². The van der Waals surface area contributed by atoms with E-state index in [1.54, 1.807) is 0 Å². The van der Waals surface area contributed by atoms with Gasteiger partial charge in [-0.1, -0.05) is 19.1 Å². The number of likely N-dealkylation sites (N-methyl/N-ethyl adjacent to an activating group) is 1. The second-order valence-electron chi connectivity index (χ2n) is 5.34. The normalized spacial score (nSPS) is 24.8. The third-order valence-corrected chi connectivity index (χ3v) is 3.90. The van der Waals surface area contributed by atoms with Crippen molar-refractivity contribution in [2.45, 2.75) is 44.8 Å². The third-order valence-electron chi connectivity index (χ3n) is 3.90. The van der Waals surface area contributed by atoms with Crippen molar-refractivity contribution < 1.29 is 14.3 Å². The van der Waals surface area contributed by atoms with Crippen molar-refractivity contribution in [3.63, 3.8) is 0 Å². The third kappa shape index (κ3) is 3.47. The minimum atomic E-state index is -0.639. The predicted molar refractivity (Wildman–Crippen MR) is 81.5 cm³/mol. The number of ether oxygens (including phenoxy) is 2. The van der Waals surface area contributed by atoms with E-state index in [0.717, 1.165) is 17.9 Å². The van der Waals surface area contributed by atoms with Crippen LogP contribution < -0.4 is 20.5 Å². The van der Waals surface area contributed by atoms with Crippen LogP contribution in [0.2, 0.25) is 0 Å². The fraction of sp³-hybridized carbons (Fsp3) is 0.562. The van der Waals surface area contributed by atoms with Crippen molar-refractivity contribution in [2.75, 3.05) is 13.2 Å². The van der Waals surface area contributed by atoms with Gasteiger partial charge in [-0.15, -0.1) is 0 Å². The number of carbonyl (C=O) groups excluding carboxylic acids is 1. The molecule has 5 heteroatoms. The number of para-hydroxylation sites is 2. The first-order chi connectivity index (χ1) is 10.1. The molecule has 0 bridgehead atoms. The van der Waals surface area contributed by atoms with Crippen LogP contribution in [-0.4, -0.2) is 30.7 Å². The Bertz CT molecular complexity index is 492. The summed E-state index contributed by atoms with van der Waals surface area (Å²) in [6.45, 7) is 5.22. The molecule has 2 unspecified atom stereocenters. The Morgan fingerprint density at radius 1 is 1.38 bits per heavy atom. The van der Waals surface area contributed by atoms with E-state index in [4.69, 9.17) is 15.2 Å². The molecule has 21 heavy (non-hydrogen) atoms. The summed E-state index contributed by atoms with van der Waals surface area (Å²) in [6.07, 6.45) is 2.07. The highest BCUT2D eigenvalue weighted by Gasteiger charge is 2.44. The van der Waals surface area contributed by atoms with E-state index in [1.165, 1.54) is 0 Å². The maximum atomic E-state index is 11.8. The van der Waals surface area contributed by atoms with Crippen molar-refractivity contribution in [2.24, 2.45) is 5.73 Å². The molecule has 0 aromatic heterocycles. The second-order valence-corrected chi connectivity index (χ2v) is 5.34. The largest absolute Gasteiger partial charge is 0.490 e. The molecule has 0 heterocycles. The summed E-state index contributed by atoms with van der Waals surface area (Å²) in [7, 11) is 0. The summed E-state index contributed by atoms with van der Waals surface area (Å²) in [5, 5.41) is 3.23. The molecule has 0 spiro atoms. The number of primary amides is 1. The van der Waals surface area contributed by atoms with E-state index in [9.17, 15) is 4.79 Å². The van der Waals surface area contributed by atoms with Gasteiger partial charge in [0.05, 0.1) is 6.61 Å². The molecular formula is C16H24N2O3.